The lowest BCUT2D eigenvalue weighted by atomic mass is 9.92. The monoisotopic (exact) mass is 367 g/mol. The molecule has 1 aliphatic heterocycles. The Bertz CT molecular complexity index is 835. The summed E-state index contributed by atoms with van der Waals surface area (Å²) < 4.78 is 0. The summed E-state index contributed by atoms with van der Waals surface area (Å²) in [5.41, 5.74) is 2.29. The molecule has 4 rings (SSSR count). The van der Waals surface area contributed by atoms with Crippen LogP contribution in [-0.2, 0) is 6.54 Å². The van der Waals surface area contributed by atoms with Gasteiger partial charge in [-0.1, -0.05) is 51.1 Å². The summed E-state index contributed by atoms with van der Waals surface area (Å²) in [4.78, 5) is 17.0. The Hall–Kier alpha value is -2.40. The Morgan fingerprint density at radius 1 is 1.19 bits per heavy atom. The number of hydrogen-bond acceptors (Lipinski definition) is 4. The number of anilines is 1. The average molecular weight is 368 g/mol. The maximum absolute atomic E-state index is 4.57. The molecule has 0 unspecified atom stereocenters. The lowest BCUT2D eigenvalue weighted by molar-refractivity contribution is 0.159. The number of nitrogens with zero attached hydrogens (tertiary/aromatic N) is 4. The average Bonchev–Trinajstić information content (AvgIpc) is 3.20. The predicted molar refractivity (Wildman–Crippen MR) is 115 cm³/mol. The van der Waals surface area contributed by atoms with Crippen molar-refractivity contribution < 1.29 is 1.43 Å². The number of piperidine rings is 1. The molecule has 2 aromatic heterocycles. The smallest absolute Gasteiger partial charge is 0.142 e. The molecule has 3 aromatic rings. The molecule has 1 saturated heterocycles. The number of likely N-dealkylation sites (tertiary alicyclic amines) is 1. The predicted octanol–water partition coefficient (Wildman–Crippen LogP) is 4.58. The van der Waals surface area contributed by atoms with Crippen molar-refractivity contribution >= 4 is 16.9 Å². The summed E-state index contributed by atoms with van der Waals surface area (Å²) in [6.45, 7) is 9.59. The largest absolute Gasteiger partial charge is 0.354 e. The van der Waals surface area contributed by atoms with E-state index in [0.29, 0.717) is 12.0 Å². The molecule has 5 heteroatoms. The molecular weight excluding hydrogens is 334 g/mol. The first kappa shape index (κ1) is 19.4. The number of H-pyrrole nitrogens is 1. The van der Waals surface area contributed by atoms with E-state index in [-0.39, 0.29) is 1.43 Å². The standard InChI is InChI=1S/C20H25N5.C2H6.H2/c1-15-9-11-25(12-16-6-4-3-5-7-16)13-18(15)24(2)20-17-8-10-21-19(17)22-14-23-20;1-2;/h3-8,10,14-15,18H,9,11-13H2,1-2H3,(H,21,22,23);1-2H3;1H/t15-,18+;;/m1../s1. The fourth-order valence-electron chi connectivity index (χ4n) is 3.90. The van der Waals surface area contributed by atoms with E-state index in [1.165, 1.54) is 12.0 Å². The van der Waals surface area contributed by atoms with Gasteiger partial charge in [-0.15, -0.1) is 0 Å². The molecule has 1 aliphatic rings. The highest BCUT2D eigenvalue weighted by molar-refractivity contribution is 5.87. The molecule has 2 atom stereocenters. The third kappa shape index (κ3) is 4.30. The maximum Gasteiger partial charge on any atom is 0.142 e. The second-order valence-electron chi connectivity index (χ2n) is 7.10. The zero-order valence-electron chi connectivity index (χ0n) is 16.9. The van der Waals surface area contributed by atoms with E-state index >= 15 is 0 Å². The van der Waals surface area contributed by atoms with Gasteiger partial charge in [0.05, 0.1) is 5.39 Å². The van der Waals surface area contributed by atoms with E-state index in [2.05, 4.69) is 75.1 Å². The van der Waals surface area contributed by atoms with Crippen LogP contribution in [-0.4, -0.2) is 46.0 Å². The van der Waals surface area contributed by atoms with Crippen LogP contribution in [0.1, 0.15) is 34.2 Å². The molecule has 1 aromatic carbocycles. The van der Waals surface area contributed by atoms with Crippen molar-refractivity contribution in [3.8, 4) is 0 Å². The zero-order valence-corrected chi connectivity index (χ0v) is 16.9. The van der Waals surface area contributed by atoms with Crippen molar-refractivity contribution in [1.29, 1.82) is 0 Å². The summed E-state index contributed by atoms with van der Waals surface area (Å²) in [6.07, 6.45) is 4.80. The van der Waals surface area contributed by atoms with Gasteiger partial charge in [0.15, 0.2) is 0 Å². The van der Waals surface area contributed by atoms with Gasteiger partial charge in [-0.05, 0) is 30.5 Å². The first-order valence-electron chi connectivity index (χ1n) is 9.99. The van der Waals surface area contributed by atoms with Crippen LogP contribution in [0.2, 0.25) is 0 Å². The Morgan fingerprint density at radius 2 is 1.96 bits per heavy atom. The van der Waals surface area contributed by atoms with Gasteiger partial charge in [0.2, 0.25) is 0 Å². The van der Waals surface area contributed by atoms with Crippen LogP contribution in [0.5, 0.6) is 0 Å². The number of nitrogens with one attached hydrogen (secondary N) is 1. The SMILES string of the molecule is CC.C[C@@H]1CCN(Cc2ccccc2)C[C@@H]1N(C)c1ncnc2[nH]ccc12.[HH]. The summed E-state index contributed by atoms with van der Waals surface area (Å²) in [7, 11) is 2.17. The van der Waals surface area contributed by atoms with Gasteiger partial charge in [0.1, 0.15) is 17.8 Å². The van der Waals surface area contributed by atoms with Gasteiger partial charge in [-0.25, -0.2) is 9.97 Å². The minimum atomic E-state index is 0. The van der Waals surface area contributed by atoms with Crippen LogP contribution < -0.4 is 4.90 Å². The third-order valence-corrected chi connectivity index (χ3v) is 5.42. The Balaban J connectivity index is 0.000000906. The molecule has 0 saturated carbocycles. The highest BCUT2D eigenvalue weighted by Crippen LogP contribution is 2.29. The third-order valence-electron chi connectivity index (χ3n) is 5.42. The van der Waals surface area contributed by atoms with Crippen LogP contribution in [0, 0.1) is 5.92 Å². The van der Waals surface area contributed by atoms with E-state index in [1.807, 2.05) is 20.0 Å². The Morgan fingerprint density at radius 3 is 2.74 bits per heavy atom. The van der Waals surface area contributed by atoms with E-state index in [9.17, 15) is 0 Å². The van der Waals surface area contributed by atoms with Gasteiger partial charge in [-0.3, -0.25) is 4.90 Å². The highest BCUT2D eigenvalue weighted by atomic mass is 15.3. The number of rotatable bonds is 4. The van der Waals surface area contributed by atoms with Gasteiger partial charge in [-0.2, -0.15) is 0 Å². The van der Waals surface area contributed by atoms with Crippen molar-refractivity contribution in [3.05, 3.63) is 54.5 Å². The van der Waals surface area contributed by atoms with Crippen molar-refractivity contribution in [3.63, 3.8) is 0 Å². The van der Waals surface area contributed by atoms with Crippen molar-refractivity contribution in [2.45, 2.75) is 39.8 Å². The number of aromatic amines is 1. The Kier molecular flexibility index (Phi) is 6.45. The Labute approximate surface area is 163 Å². The van der Waals surface area contributed by atoms with Crippen molar-refractivity contribution in [1.82, 2.24) is 19.9 Å². The molecule has 0 amide bonds. The number of likely N-dealkylation sites (N-methyl/N-ethyl adjacent to an activating group) is 1. The lowest BCUT2D eigenvalue weighted by Crippen LogP contribution is -2.50. The molecule has 1 N–H and O–H groups in total. The molecule has 3 heterocycles. The summed E-state index contributed by atoms with van der Waals surface area (Å²) in [5.74, 6) is 1.66. The second kappa shape index (κ2) is 9.00. The van der Waals surface area contributed by atoms with Gasteiger partial charge in [0.25, 0.3) is 0 Å². The molecule has 0 aliphatic carbocycles. The quantitative estimate of drug-likeness (QED) is 0.733. The van der Waals surface area contributed by atoms with Crippen LogP contribution in [0.15, 0.2) is 48.9 Å². The molecule has 0 spiro atoms. The number of benzene rings is 1. The molecular formula is C22H33N5. The van der Waals surface area contributed by atoms with E-state index in [4.69, 9.17) is 0 Å². The van der Waals surface area contributed by atoms with Gasteiger partial charge in [0, 0.05) is 33.8 Å². The van der Waals surface area contributed by atoms with Crippen LogP contribution >= 0.6 is 0 Å². The fourth-order valence-corrected chi connectivity index (χ4v) is 3.90. The van der Waals surface area contributed by atoms with Crippen LogP contribution in [0.25, 0.3) is 11.0 Å². The summed E-state index contributed by atoms with van der Waals surface area (Å²) >= 11 is 0. The van der Waals surface area contributed by atoms with E-state index in [1.54, 1.807) is 6.33 Å². The summed E-state index contributed by atoms with van der Waals surface area (Å²) in [6, 6.07) is 13.3. The minimum absolute atomic E-state index is 0. The molecule has 1 fully saturated rings. The maximum atomic E-state index is 4.57. The molecule has 27 heavy (non-hydrogen) atoms. The van der Waals surface area contributed by atoms with Crippen LogP contribution in [0.3, 0.4) is 0 Å². The number of fused-ring (bicyclic) bond motifs is 1. The van der Waals surface area contributed by atoms with E-state index in [0.717, 1.165) is 36.5 Å². The van der Waals surface area contributed by atoms with Crippen molar-refractivity contribution in [2.75, 3.05) is 25.0 Å². The summed E-state index contributed by atoms with van der Waals surface area (Å²) in [5, 5.41) is 1.09. The number of aromatic nitrogens is 3. The van der Waals surface area contributed by atoms with E-state index < -0.39 is 0 Å². The van der Waals surface area contributed by atoms with Crippen LogP contribution in [0.4, 0.5) is 5.82 Å². The topological polar surface area (TPSA) is 48.1 Å². The van der Waals surface area contributed by atoms with Gasteiger partial charge < -0.3 is 9.88 Å². The number of hydrogen-bond donors (Lipinski definition) is 1. The first-order valence-corrected chi connectivity index (χ1v) is 9.99. The molecule has 146 valence electrons. The molecule has 5 nitrogen and oxygen atoms in total. The van der Waals surface area contributed by atoms with Crippen molar-refractivity contribution in [2.24, 2.45) is 5.92 Å². The first-order chi connectivity index (χ1) is 13.2. The zero-order chi connectivity index (χ0) is 19.2. The molecule has 0 bridgehead atoms. The van der Waals surface area contributed by atoms with Gasteiger partial charge >= 0.3 is 0 Å². The second-order valence-corrected chi connectivity index (χ2v) is 7.10. The normalized spacial score (nSPS) is 20.1. The minimum Gasteiger partial charge on any atom is -0.354 e. The molecule has 0 radical (unpaired) electrons. The fraction of sp³-hybridized carbons (Fsp3) is 0.455. The lowest BCUT2D eigenvalue weighted by Gasteiger charge is -2.42. The highest BCUT2D eigenvalue weighted by Gasteiger charge is 2.30.